The molecule has 0 saturated carbocycles. The standard InChI is InChI=1S/C24H38N4O5/c1-5-31-32-18-26-14-16-27(17-15-26)21-8-6-20(7-9-21)25-22(29)19-10-12-28(13-11-19)23(30)33-24(2,3)4/h6-9,19H,5,10-18H2,1-4H3,(H,25,29). The van der Waals surface area contributed by atoms with Crippen molar-refractivity contribution in [1.82, 2.24) is 9.80 Å². The zero-order chi connectivity index (χ0) is 23.8. The molecular weight excluding hydrogens is 424 g/mol. The van der Waals surface area contributed by atoms with Crippen LogP contribution in [0, 0.1) is 5.92 Å². The summed E-state index contributed by atoms with van der Waals surface area (Å²) in [6, 6.07) is 8.00. The monoisotopic (exact) mass is 462 g/mol. The Morgan fingerprint density at radius 1 is 0.970 bits per heavy atom. The van der Waals surface area contributed by atoms with Gasteiger partial charge >= 0.3 is 6.09 Å². The number of piperazine rings is 1. The van der Waals surface area contributed by atoms with Gasteiger partial charge in [0.15, 0.2) is 0 Å². The lowest BCUT2D eigenvalue weighted by molar-refractivity contribution is -0.312. The Balaban J connectivity index is 1.41. The van der Waals surface area contributed by atoms with Gasteiger partial charge in [-0.25, -0.2) is 14.6 Å². The quantitative estimate of drug-likeness (QED) is 0.378. The van der Waals surface area contributed by atoms with Crippen LogP contribution in [0.4, 0.5) is 16.2 Å². The molecule has 2 saturated heterocycles. The molecule has 2 fully saturated rings. The highest BCUT2D eigenvalue weighted by atomic mass is 17.2. The molecule has 2 heterocycles. The molecule has 0 atom stereocenters. The fourth-order valence-electron chi connectivity index (χ4n) is 3.98. The number of amides is 2. The van der Waals surface area contributed by atoms with Crippen LogP contribution in [-0.2, 0) is 19.3 Å². The number of likely N-dealkylation sites (tertiary alicyclic amines) is 1. The van der Waals surface area contributed by atoms with E-state index in [0.29, 0.717) is 39.3 Å². The molecule has 0 spiro atoms. The molecule has 1 N–H and O–H groups in total. The molecule has 2 aliphatic heterocycles. The molecule has 2 amide bonds. The Labute approximate surface area is 196 Å². The van der Waals surface area contributed by atoms with E-state index in [-0.39, 0.29) is 17.9 Å². The first-order valence-corrected chi connectivity index (χ1v) is 11.9. The van der Waals surface area contributed by atoms with Gasteiger partial charge in [-0.2, -0.15) is 0 Å². The average Bonchev–Trinajstić information content (AvgIpc) is 2.79. The number of benzene rings is 1. The molecule has 9 heteroatoms. The molecule has 9 nitrogen and oxygen atoms in total. The smallest absolute Gasteiger partial charge is 0.410 e. The normalized spacial score (nSPS) is 18.3. The summed E-state index contributed by atoms with van der Waals surface area (Å²) in [6.07, 6.45) is 0.973. The zero-order valence-corrected chi connectivity index (χ0v) is 20.3. The van der Waals surface area contributed by atoms with Crippen LogP contribution >= 0.6 is 0 Å². The molecule has 0 aliphatic carbocycles. The van der Waals surface area contributed by atoms with E-state index in [1.165, 1.54) is 0 Å². The summed E-state index contributed by atoms with van der Waals surface area (Å²) in [6.45, 7) is 13.2. The summed E-state index contributed by atoms with van der Waals surface area (Å²) in [5.74, 6) is -0.0927. The first-order chi connectivity index (χ1) is 15.7. The van der Waals surface area contributed by atoms with E-state index in [1.807, 2.05) is 52.0 Å². The number of piperidine rings is 1. The van der Waals surface area contributed by atoms with Gasteiger partial charge < -0.3 is 19.9 Å². The highest BCUT2D eigenvalue weighted by Crippen LogP contribution is 2.23. The molecule has 0 unspecified atom stereocenters. The topological polar surface area (TPSA) is 83.6 Å². The van der Waals surface area contributed by atoms with Crippen LogP contribution in [0.5, 0.6) is 0 Å². The first-order valence-electron chi connectivity index (χ1n) is 11.9. The maximum absolute atomic E-state index is 12.7. The second-order valence-corrected chi connectivity index (χ2v) is 9.54. The van der Waals surface area contributed by atoms with Crippen molar-refractivity contribution in [1.29, 1.82) is 0 Å². The molecule has 184 valence electrons. The molecule has 3 rings (SSSR count). The first kappa shape index (κ1) is 25.3. The fourth-order valence-corrected chi connectivity index (χ4v) is 3.98. The lowest BCUT2D eigenvalue weighted by Gasteiger charge is -2.35. The molecule has 1 aromatic carbocycles. The van der Waals surface area contributed by atoms with Gasteiger partial charge in [0.2, 0.25) is 5.91 Å². The number of anilines is 2. The third-order valence-corrected chi connectivity index (χ3v) is 5.83. The maximum Gasteiger partial charge on any atom is 0.410 e. The van der Waals surface area contributed by atoms with Gasteiger partial charge in [0.1, 0.15) is 12.3 Å². The zero-order valence-electron chi connectivity index (χ0n) is 20.3. The number of hydrogen-bond donors (Lipinski definition) is 1. The predicted octanol–water partition coefficient (Wildman–Crippen LogP) is 3.32. The van der Waals surface area contributed by atoms with Crippen LogP contribution in [0.2, 0.25) is 0 Å². The average molecular weight is 463 g/mol. The number of rotatable bonds is 7. The Hall–Kier alpha value is -2.36. The molecule has 1 aromatic rings. The predicted molar refractivity (Wildman–Crippen MR) is 127 cm³/mol. The van der Waals surface area contributed by atoms with Crippen molar-refractivity contribution in [2.75, 3.05) is 62.8 Å². The molecule has 0 aromatic heterocycles. The van der Waals surface area contributed by atoms with Crippen LogP contribution in [-0.4, -0.2) is 80.0 Å². The second-order valence-electron chi connectivity index (χ2n) is 9.54. The Morgan fingerprint density at radius 3 is 2.18 bits per heavy atom. The summed E-state index contributed by atoms with van der Waals surface area (Å²) in [4.78, 5) is 41.3. The van der Waals surface area contributed by atoms with E-state index in [9.17, 15) is 9.59 Å². The van der Waals surface area contributed by atoms with Crippen molar-refractivity contribution in [3.8, 4) is 0 Å². The number of hydrogen-bond acceptors (Lipinski definition) is 7. The van der Waals surface area contributed by atoms with Gasteiger partial charge in [0, 0.05) is 56.6 Å². The van der Waals surface area contributed by atoms with E-state index in [4.69, 9.17) is 14.5 Å². The van der Waals surface area contributed by atoms with Crippen molar-refractivity contribution in [2.45, 2.75) is 46.1 Å². The number of nitrogens with zero attached hydrogens (tertiary/aromatic N) is 3. The Kier molecular flexibility index (Phi) is 8.94. The molecular formula is C24H38N4O5. The summed E-state index contributed by atoms with van der Waals surface area (Å²) in [7, 11) is 0. The van der Waals surface area contributed by atoms with Crippen LogP contribution in [0.25, 0.3) is 0 Å². The van der Waals surface area contributed by atoms with E-state index in [2.05, 4.69) is 15.1 Å². The minimum absolute atomic E-state index is 0.00880. The highest BCUT2D eigenvalue weighted by molar-refractivity contribution is 5.92. The summed E-state index contributed by atoms with van der Waals surface area (Å²) >= 11 is 0. The molecule has 2 aliphatic rings. The van der Waals surface area contributed by atoms with E-state index < -0.39 is 5.60 Å². The van der Waals surface area contributed by atoms with Crippen LogP contribution in [0.1, 0.15) is 40.5 Å². The van der Waals surface area contributed by atoms with E-state index >= 15 is 0 Å². The van der Waals surface area contributed by atoms with Gasteiger partial charge in [-0.3, -0.25) is 9.69 Å². The van der Waals surface area contributed by atoms with Gasteiger partial charge in [-0.05, 0) is 64.8 Å². The van der Waals surface area contributed by atoms with Gasteiger partial charge in [0.05, 0.1) is 6.61 Å². The molecule has 33 heavy (non-hydrogen) atoms. The maximum atomic E-state index is 12.7. The van der Waals surface area contributed by atoms with Crippen molar-refractivity contribution in [3.63, 3.8) is 0 Å². The highest BCUT2D eigenvalue weighted by Gasteiger charge is 2.30. The van der Waals surface area contributed by atoms with Crippen molar-refractivity contribution in [3.05, 3.63) is 24.3 Å². The van der Waals surface area contributed by atoms with Gasteiger partial charge in [0.25, 0.3) is 0 Å². The van der Waals surface area contributed by atoms with Crippen LogP contribution in [0.3, 0.4) is 0 Å². The minimum Gasteiger partial charge on any atom is -0.444 e. The number of carbonyl (C=O) groups excluding carboxylic acids is 2. The third-order valence-electron chi connectivity index (χ3n) is 5.83. The van der Waals surface area contributed by atoms with Crippen LogP contribution in [0.15, 0.2) is 24.3 Å². The van der Waals surface area contributed by atoms with Crippen LogP contribution < -0.4 is 10.2 Å². The summed E-state index contributed by atoms with van der Waals surface area (Å²) in [5.41, 5.74) is 1.43. The fraction of sp³-hybridized carbons (Fsp3) is 0.667. The molecule has 0 bridgehead atoms. The lowest BCUT2D eigenvalue weighted by atomic mass is 9.96. The van der Waals surface area contributed by atoms with Crippen molar-refractivity contribution >= 4 is 23.4 Å². The summed E-state index contributed by atoms with van der Waals surface area (Å²) in [5, 5.41) is 3.03. The minimum atomic E-state index is -0.511. The van der Waals surface area contributed by atoms with Crippen molar-refractivity contribution in [2.24, 2.45) is 5.92 Å². The van der Waals surface area contributed by atoms with Gasteiger partial charge in [-0.15, -0.1) is 0 Å². The lowest BCUT2D eigenvalue weighted by Crippen LogP contribution is -2.47. The SMILES string of the molecule is CCOOCN1CCN(c2ccc(NC(=O)C3CCN(C(=O)OC(C)(C)C)CC3)cc2)CC1. The van der Waals surface area contributed by atoms with E-state index in [0.717, 1.165) is 37.6 Å². The van der Waals surface area contributed by atoms with Crippen molar-refractivity contribution < 1.29 is 24.1 Å². The number of nitrogens with one attached hydrogen (secondary N) is 1. The third kappa shape index (κ3) is 7.87. The largest absolute Gasteiger partial charge is 0.444 e. The molecule has 0 radical (unpaired) electrons. The number of carbonyl (C=O) groups is 2. The van der Waals surface area contributed by atoms with Gasteiger partial charge in [-0.1, -0.05) is 0 Å². The Morgan fingerprint density at radius 2 is 1.61 bits per heavy atom. The summed E-state index contributed by atoms with van der Waals surface area (Å²) < 4.78 is 5.43. The van der Waals surface area contributed by atoms with E-state index in [1.54, 1.807) is 4.90 Å². The number of ether oxygens (including phenoxy) is 1. The Bertz CT molecular complexity index is 764. The second kappa shape index (κ2) is 11.7.